The van der Waals surface area contributed by atoms with Gasteiger partial charge >= 0.3 is 11.6 Å². The monoisotopic (exact) mass is 491 g/mol. The van der Waals surface area contributed by atoms with E-state index in [1.165, 1.54) is 26.2 Å². The molecule has 2 aromatic rings. The second-order valence-corrected chi connectivity index (χ2v) is 6.68. The Balaban J connectivity index is 2.28. The number of nitro groups is 2. The lowest BCUT2D eigenvalue weighted by atomic mass is 10.2. The van der Waals surface area contributed by atoms with Crippen molar-refractivity contribution in [3.63, 3.8) is 0 Å². The molecule has 1 heterocycles. The molecule has 138 valence electrons. The molecule has 0 radical (unpaired) electrons. The SMILES string of the molecule is COc1nn(C(C)C(=O)Nc2c(Br)cc([N+](=O)[O-])cc2Br)cc1[N+](=O)[O-]. The number of aromatic nitrogens is 2. The smallest absolute Gasteiger partial charge is 0.350 e. The van der Waals surface area contributed by atoms with Crippen LogP contribution in [-0.2, 0) is 4.79 Å². The first-order valence-electron chi connectivity index (χ1n) is 6.87. The molecule has 1 atom stereocenters. The van der Waals surface area contributed by atoms with Gasteiger partial charge in [0.1, 0.15) is 12.2 Å². The fraction of sp³-hybridized carbons (Fsp3) is 0.231. The molecule has 0 saturated heterocycles. The van der Waals surface area contributed by atoms with Gasteiger partial charge in [0, 0.05) is 21.1 Å². The molecule has 1 aromatic heterocycles. The Morgan fingerprint density at radius 1 is 1.27 bits per heavy atom. The molecule has 1 unspecified atom stereocenters. The van der Waals surface area contributed by atoms with Gasteiger partial charge in [0.25, 0.3) is 5.69 Å². The zero-order valence-electron chi connectivity index (χ0n) is 13.3. The van der Waals surface area contributed by atoms with Gasteiger partial charge in [-0.25, -0.2) is 4.68 Å². The minimum atomic E-state index is -0.911. The third-order valence-electron chi connectivity index (χ3n) is 3.33. The number of nitrogens with zero attached hydrogens (tertiary/aromatic N) is 4. The van der Waals surface area contributed by atoms with E-state index >= 15 is 0 Å². The molecule has 13 heteroatoms. The fourth-order valence-electron chi connectivity index (χ4n) is 1.97. The third-order valence-corrected chi connectivity index (χ3v) is 4.58. The van der Waals surface area contributed by atoms with E-state index < -0.39 is 21.8 Å². The summed E-state index contributed by atoms with van der Waals surface area (Å²) in [5.74, 6) is -0.757. The van der Waals surface area contributed by atoms with Crippen LogP contribution in [0.15, 0.2) is 27.3 Å². The second kappa shape index (κ2) is 7.78. The van der Waals surface area contributed by atoms with Gasteiger partial charge < -0.3 is 10.1 Å². The Morgan fingerprint density at radius 2 is 1.85 bits per heavy atom. The molecule has 0 spiro atoms. The quantitative estimate of drug-likeness (QED) is 0.480. The number of nitrogens with one attached hydrogen (secondary N) is 1. The summed E-state index contributed by atoms with van der Waals surface area (Å²) in [4.78, 5) is 33.0. The van der Waals surface area contributed by atoms with Gasteiger partial charge in [0.15, 0.2) is 0 Å². The van der Waals surface area contributed by atoms with Crippen molar-refractivity contribution in [2.75, 3.05) is 12.4 Å². The minimum Gasteiger partial charge on any atom is -0.475 e. The Labute approximate surface area is 162 Å². The Bertz CT molecular complexity index is 876. The third kappa shape index (κ3) is 3.99. The van der Waals surface area contributed by atoms with Crippen LogP contribution < -0.4 is 10.1 Å². The van der Waals surface area contributed by atoms with Gasteiger partial charge in [-0.2, -0.15) is 0 Å². The maximum atomic E-state index is 12.5. The molecule has 0 bridgehead atoms. The van der Waals surface area contributed by atoms with Crippen molar-refractivity contribution in [3.8, 4) is 5.88 Å². The number of halogens is 2. The molecule has 1 N–H and O–H groups in total. The summed E-state index contributed by atoms with van der Waals surface area (Å²) in [6.45, 7) is 1.48. The van der Waals surface area contributed by atoms with E-state index in [-0.39, 0.29) is 22.9 Å². The topological polar surface area (TPSA) is 142 Å². The molecule has 0 aliphatic carbocycles. The predicted molar refractivity (Wildman–Crippen MR) is 97.3 cm³/mol. The Kier molecular flexibility index (Phi) is 5.92. The molecule has 0 aliphatic rings. The molecule has 0 fully saturated rings. The van der Waals surface area contributed by atoms with Crippen molar-refractivity contribution < 1.29 is 19.4 Å². The van der Waals surface area contributed by atoms with E-state index in [0.29, 0.717) is 8.95 Å². The Morgan fingerprint density at radius 3 is 2.27 bits per heavy atom. The number of ether oxygens (including phenoxy) is 1. The summed E-state index contributed by atoms with van der Waals surface area (Å²) in [7, 11) is 1.23. The molecule has 1 amide bonds. The van der Waals surface area contributed by atoms with Crippen LogP contribution in [0.4, 0.5) is 17.1 Å². The molecular weight excluding hydrogens is 482 g/mol. The summed E-state index contributed by atoms with van der Waals surface area (Å²) < 4.78 is 6.51. The van der Waals surface area contributed by atoms with Gasteiger partial charge in [-0.05, 0) is 38.8 Å². The largest absolute Gasteiger partial charge is 0.475 e. The van der Waals surface area contributed by atoms with Gasteiger partial charge in [0.2, 0.25) is 5.91 Å². The van der Waals surface area contributed by atoms with Crippen molar-refractivity contribution >= 4 is 54.8 Å². The number of carbonyl (C=O) groups excluding carboxylic acids is 1. The number of carbonyl (C=O) groups is 1. The lowest BCUT2D eigenvalue weighted by Crippen LogP contribution is -2.24. The van der Waals surface area contributed by atoms with Gasteiger partial charge in [-0.3, -0.25) is 25.0 Å². The van der Waals surface area contributed by atoms with E-state index in [9.17, 15) is 25.0 Å². The molecule has 11 nitrogen and oxygen atoms in total. The number of non-ortho nitro benzene ring substituents is 1. The van der Waals surface area contributed by atoms with E-state index in [0.717, 1.165) is 10.9 Å². The fourth-order valence-corrected chi connectivity index (χ4v) is 3.33. The van der Waals surface area contributed by atoms with Crippen molar-refractivity contribution in [1.82, 2.24) is 9.78 Å². The lowest BCUT2D eigenvalue weighted by molar-refractivity contribution is -0.385. The first-order chi connectivity index (χ1) is 12.1. The van der Waals surface area contributed by atoms with Crippen LogP contribution in [0.3, 0.4) is 0 Å². The maximum Gasteiger partial charge on any atom is 0.350 e. The highest BCUT2D eigenvalue weighted by molar-refractivity contribution is 9.11. The summed E-state index contributed by atoms with van der Waals surface area (Å²) in [5.41, 5.74) is -0.256. The predicted octanol–water partition coefficient (Wildman–Crippen LogP) is 3.43. The zero-order valence-corrected chi connectivity index (χ0v) is 16.5. The highest BCUT2D eigenvalue weighted by atomic mass is 79.9. The van der Waals surface area contributed by atoms with Crippen molar-refractivity contribution in [1.29, 1.82) is 0 Å². The van der Waals surface area contributed by atoms with Crippen LogP contribution in [0.25, 0.3) is 0 Å². The standard InChI is InChI=1S/C13H11Br2N5O6/c1-6(18-5-10(20(24)25)13(17-18)26-2)12(21)16-11-8(14)3-7(19(22)23)4-9(11)15/h3-6H,1-2H3,(H,16,21). The van der Waals surface area contributed by atoms with Crippen LogP contribution in [0.5, 0.6) is 5.88 Å². The number of hydrogen-bond donors (Lipinski definition) is 1. The molecule has 2 rings (SSSR count). The summed E-state index contributed by atoms with van der Waals surface area (Å²) in [6.07, 6.45) is 1.09. The van der Waals surface area contributed by atoms with Crippen molar-refractivity contribution in [2.45, 2.75) is 13.0 Å². The maximum absolute atomic E-state index is 12.5. The number of benzene rings is 1. The van der Waals surface area contributed by atoms with E-state index in [1.807, 2.05) is 0 Å². The van der Waals surface area contributed by atoms with Crippen LogP contribution in [0.2, 0.25) is 0 Å². The number of anilines is 1. The second-order valence-electron chi connectivity index (χ2n) is 4.97. The minimum absolute atomic E-state index is 0.165. The highest BCUT2D eigenvalue weighted by Crippen LogP contribution is 2.35. The van der Waals surface area contributed by atoms with Crippen molar-refractivity contribution in [2.24, 2.45) is 0 Å². The average molecular weight is 493 g/mol. The highest BCUT2D eigenvalue weighted by Gasteiger charge is 2.26. The summed E-state index contributed by atoms with van der Waals surface area (Å²) >= 11 is 6.33. The first-order valence-corrected chi connectivity index (χ1v) is 8.46. The summed E-state index contributed by atoms with van der Waals surface area (Å²) in [6, 6.07) is 1.58. The lowest BCUT2D eigenvalue weighted by Gasteiger charge is -2.14. The van der Waals surface area contributed by atoms with Crippen LogP contribution in [0.1, 0.15) is 13.0 Å². The zero-order chi connectivity index (χ0) is 19.6. The van der Waals surface area contributed by atoms with Crippen LogP contribution in [0, 0.1) is 20.2 Å². The van der Waals surface area contributed by atoms with Gasteiger partial charge in [0.05, 0.1) is 22.6 Å². The molecule has 0 saturated carbocycles. The van der Waals surface area contributed by atoms with Gasteiger partial charge in [-0.1, -0.05) is 0 Å². The van der Waals surface area contributed by atoms with E-state index in [2.05, 4.69) is 42.3 Å². The number of methoxy groups -OCH3 is 1. The number of hydrogen-bond acceptors (Lipinski definition) is 7. The molecule has 0 aliphatic heterocycles. The first kappa shape index (κ1) is 19.8. The number of rotatable bonds is 6. The normalized spacial score (nSPS) is 11.7. The van der Waals surface area contributed by atoms with Crippen LogP contribution >= 0.6 is 31.9 Å². The molecular formula is C13H11Br2N5O6. The van der Waals surface area contributed by atoms with Gasteiger partial charge in [-0.15, -0.1) is 5.10 Å². The number of nitro benzene ring substituents is 1. The van der Waals surface area contributed by atoms with E-state index in [4.69, 9.17) is 4.74 Å². The van der Waals surface area contributed by atoms with Crippen LogP contribution in [-0.4, -0.2) is 32.6 Å². The number of amides is 1. The molecule has 26 heavy (non-hydrogen) atoms. The molecule has 1 aromatic carbocycles. The summed E-state index contributed by atoms with van der Waals surface area (Å²) in [5, 5.41) is 28.3. The van der Waals surface area contributed by atoms with Crippen molar-refractivity contribution in [3.05, 3.63) is 47.5 Å². The average Bonchev–Trinajstić information content (AvgIpc) is 3.01. The Hall–Kier alpha value is -2.54. The van der Waals surface area contributed by atoms with E-state index in [1.54, 1.807) is 0 Å².